The molecule has 124 valence electrons. The zero-order chi connectivity index (χ0) is 17.6. The molecule has 0 aliphatic carbocycles. The molecule has 25 heavy (non-hydrogen) atoms. The van der Waals surface area contributed by atoms with Gasteiger partial charge in [0.1, 0.15) is 0 Å². The van der Waals surface area contributed by atoms with Crippen LogP contribution in [0, 0.1) is 0 Å². The van der Waals surface area contributed by atoms with Crippen LogP contribution in [-0.2, 0) is 0 Å². The number of allylic oxidation sites excluding steroid dienone is 3. The lowest BCUT2D eigenvalue weighted by atomic mass is 10.0. The zero-order valence-electron chi connectivity index (χ0n) is 14.2. The van der Waals surface area contributed by atoms with E-state index in [1.807, 2.05) is 37.4 Å². The van der Waals surface area contributed by atoms with E-state index < -0.39 is 0 Å². The molecule has 0 fully saturated rings. The average molecular weight is 330 g/mol. The van der Waals surface area contributed by atoms with Crippen LogP contribution in [0.2, 0.25) is 0 Å². The predicted octanol–water partition coefficient (Wildman–Crippen LogP) is 3.14. The lowest BCUT2D eigenvalue weighted by Gasteiger charge is -2.06. The number of nitrogens with zero attached hydrogens (tertiary/aromatic N) is 6. The molecule has 0 saturated heterocycles. The summed E-state index contributed by atoms with van der Waals surface area (Å²) in [6.07, 6.45) is 10.7. The summed E-state index contributed by atoms with van der Waals surface area (Å²) in [7, 11) is 1.76. The van der Waals surface area contributed by atoms with Crippen LogP contribution in [0.1, 0.15) is 18.2 Å². The number of aromatic nitrogens is 5. The smallest absolute Gasteiger partial charge is 0.250 e. The molecule has 0 aliphatic heterocycles. The number of hydrogen-bond acceptors (Lipinski definition) is 5. The second-order valence-corrected chi connectivity index (χ2v) is 5.38. The second kappa shape index (κ2) is 7.44. The Kier molecular flexibility index (Phi) is 4.89. The van der Waals surface area contributed by atoms with Crippen molar-refractivity contribution < 1.29 is 0 Å². The average Bonchev–Trinajstić information content (AvgIpc) is 3.13. The Morgan fingerprint density at radius 1 is 1.16 bits per heavy atom. The van der Waals surface area contributed by atoms with Gasteiger partial charge < -0.3 is 0 Å². The summed E-state index contributed by atoms with van der Waals surface area (Å²) >= 11 is 0. The van der Waals surface area contributed by atoms with Gasteiger partial charge in [-0.05, 0) is 42.8 Å². The maximum absolute atomic E-state index is 4.58. The van der Waals surface area contributed by atoms with Crippen molar-refractivity contribution in [1.82, 2.24) is 24.7 Å². The van der Waals surface area contributed by atoms with Crippen molar-refractivity contribution >= 4 is 11.3 Å². The van der Waals surface area contributed by atoms with E-state index in [1.165, 1.54) is 0 Å². The van der Waals surface area contributed by atoms with Gasteiger partial charge in [0.05, 0.1) is 11.4 Å². The van der Waals surface area contributed by atoms with Crippen molar-refractivity contribution in [2.24, 2.45) is 4.99 Å². The van der Waals surface area contributed by atoms with Gasteiger partial charge in [0.15, 0.2) is 0 Å². The fourth-order valence-electron chi connectivity index (χ4n) is 2.33. The predicted molar refractivity (Wildman–Crippen MR) is 98.6 cm³/mol. The van der Waals surface area contributed by atoms with Crippen LogP contribution in [0.5, 0.6) is 0 Å². The van der Waals surface area contributed by atoms with Crippen molar-refractivity contribution in [3.05, 3.63) is 84.7 Å². The van der Waals surface area contributed by atoms with Crippen molar-refractivity contribution in [2.45, 2.75) is 6.92 Å². The summed E-state index contributed by atoms with van der Waals surface area (Å²) in [5, 5.41) is 4.58. The molecule has 0 amide bonds. The summed E-state index contributed by atoms with van der Waals surface area (Å²) in [6, 6.07) is 7.53. The minimum Gasteiger partial charge on any atom is -0.288 e. The topological polar surface area (TPSA) is 68.8 Å². The van der Waals surface area contributed by atoms with Crippen LogP contribution in [0.4, 0.5) is 0 Å². The fourth-order valence-corrected chi connectivity index (χ4v) is 2.33. The molecule has 0 N–H and O–H groups in total. The van der Waals surface area contributed by atoms with Crippen LogP contribution in [-0.4, -0.2) is 37.5 Å². The van der Waals surface area contributed by atoms with E-state index in [-0.39, 0.29) is 0 Å². The molecule has 6 heteroatoms. The first-order valence-corrected chi connectivity index (χ1v) is 7.77. The van der Waals surface area contributed by atoms with Crippen LogP contribution in [0.3, 0.4) is 0 Å². The molecule has 0 aromatic carbocycles. The lowest BCUT2D eigenvalue weighted by molar-refractivity contribution is 0.803. The third-order valence-electron chi connectivity index (χ3n) is 3.56. The van der Waals surface area contributed by atoms with Crippen molar-refractivity contribution in [3.8, 4) is 5.95 Å². The summed E-state index contributed by atoms with van der Waals surface area (Å²) in [5.41, 5.74) is 4.33. The molecule has 3 rings (SSSR count). The largest absolute Gasteiger partial charge is 0.288 e. The highest BCUT2D eigenvalue weighted by molar-refractivity contribution is 6.13. The maximum atomic E-state index is 4.58. The Hall–Kier alpha value is -3.41. The third-order valence-corrected chi connectivity index (χ3v) is 3.56. The normalized spacial score (nSPS) is 12.2. The number of hydrogen-bond donors (Lipinski definition) is 0. The van der Waals surface area contributed by atoms with E-state index >= 15 is 0 Å². The Morgan fingerprint density at radius 3 is 2.60 bits per heavy atom. The molecule has 3 heterocycles. The highest BCUT2D eigenvalue weighted by atomic mass is 15.3. The van der Waals surface area contributed by atoms with Gasteiger partial charge in [-0.15, -0.1) is 0 Å². The summed E-state index contributed by atoms with van der Waals surface area (Å²) < 4.78 is 1.64. The molecular weight excluding hydrogens is 312 g/mol. The molecule has 6 nitrogen and oxygen atoms in total. The molecule has 0 radical (unpaired) electrons. The minimum absolute atomic E-state index is 0.520. The molecule has 0 spiro atoms. The Morgan fingerprint density at radius 2 is 1.96 bits per heavy atom. The van der Waals surface area contributed by atoms with Crippen molar-refractivity contribution in [1.29, 1.82) is 0 Å². The fraction of sp³-hybridized carbons (Fsp3) is 0.105. The first-order valence-electron chi connectivity index (χ1n) is 7.77. The van der Waals surface area contributed by atoms with Gasteiger partial charge in [-0.2, -0.15) is 5.10 Å². The quantitative estimate of drug-likeness (QED) is 0.532. The van der Waals surface area contributed by atoms with E-state index in [0.717, 1.165) is 28.1 Å². The summed E-state index contributed by atoms with van der Waals surface area (Å²) in [4.78, 5) is 16.9. The maximum Gasteiger partial charge on any atom is 0.250 e. The third kappa shape index (κ3) is 3.74. The summed E-state index contributed by atoms with van der Waals surface area (Å²) in [5.74, 6) is 0.520. The second-order valence-electron chi connectivity index (χ2n) is 5.38. The Bertz CT molecular complexity index is 923. The van der Waals surface area contributed by atoms with E-state index in [0.29, 0.717) is 5.95 Å². The highest BCUT2D eigenvalue weighted by Gasteiger charge is 2.11. The summed E-state index contributed by atoms with van der Waals surface area (Å²) in [6.45, 7) is 6.02. The molecule has 3 aromatic heterocycles. The van der Waals surface area contributed by atoms with Gasteiger partial charge >= 0.3 is 0 Å². The number of rotatable bonds is 5. The molecule has 3 aromatic rings. The van der Waals surface area contributed by atoms with Crippen LogP contribution < -0.4 is 0 Å². The Balaban J connectivity index is 2.00. The molecule has 0 aliphatic rings. The highest BCUT2D eigenvalue weighted by Crippen LogP contribution is 2.21. The first-order chi connectivity index (χ1) is 12.2. The van der Waals surface area contributed by atoms with E-state index in [4.69, 9.17) is 0 Å². The van der Waals surface area contributed by atoms with Gasteiger partial charge in [-0.25, -0.2) is 14.6 Å². The molecule has 0 bridgehead atoms. The first kappa shape index (κ1) is 16.4. The number of pyridine rings is 1. The molecule has 0 atom stereocenters. The van der Waals surface area contributed by atoms with Crippen LogP contribution in [0.15, 0.2) is 78.5 Å². The van der Waals surface area contributed by atoms with Crippen molar-refractivity contribution in [3.63, 3.8) is 0 Å². The van der Waals surface area contributed by atoms with E-state index in [1.54, 1.807) is 42.6 Å². The molecule has 0 unspecified atom stereocenters. The zero-order valence-corrected chi connectivity index (χ0v) is 14.2. The lowest BCUT2D eigenvalue weighted by Crippen LogP contribution is -2.03. The van der Waals surface area contributed by atoms with Gasteiger partial charge in [0.25, 0.3) is 0 Å². The molecule has 0 saturated carbocycles. The van der Waals surface area contributed by atoms with Gasteiger partial charge in [0, 0.05) is 49.2 Å². The standard InChI is InChI=1S/C19H18N6/c1-14(2)16(12-18(20-3)15-6-4-8-21-13-15)17-7-11-25(24-17)19-22-9-5-10-23-19/h4-13H,1H2,2-3H3. The Labute approximate surface area is 146 Å². The van der Waals surface area contributed by atoms with Crippen LogP contribution in [0.25, 0.3) is 11.5 Å². The number of aliphatic imine (C=N–C) groups is 1. The SMILES string of the molecule is C=C(C)C(=CC(=NC)c1cccnc1)c1ccn(-c2ncccn2)n1. The van der Waals surface area contributed by atoms with E-state index in [9.17, 15) is 0 Å². The van der Waals surface area contributed by atoms with Gasteiger partial charge in [-0.3, -0.25) is 9.98 Å². The van der Waals surface area contributed by atoms with E-state index in [2.05, 4.69) is 31.6 Å². The van der Waals surface area contributed by atoms with Gasteiger partial charge in [-0.1, -0.05) is 6.58 Å². The van der Waals surface area contributed by atoms with Crippen LogP contribution >= 0.6 is 0 Å². The van der Waals surface area contributed by atoms with Crippen molar-refractivity contribution in [2.75, 3.05) is 7.05 Å². The van der Waals surface area contributed by atoms with Gasteiger partial charge in [0.2, 0.25) is 5.95 Å². The monoisotopic (exact) mass is 330 g/mol. The minimum atomic E-state index is 0.520. The molecular formula is C19H18N6.